The molecule has 0 aliphatic heterocycles. The molecule has 0 aromatic heterocycles. The lowest BCUT2D eigenvalue weighted by atomic mass is 10.2. The van der Waals surface area contributed by atoms with Gasteiger partial charge in [0.15, 0.2) is 0 Å². The Morgan fingerprint density at radius 3 is 2.13 bits per heavy atom. The number of halogens is 2. The number of hydrogen-bond donors (Lipinski definition) is 2. The standard InChI is InChI=1S/C21H18ClFN2O5S/c1-29-16-10-15(11-17(12-16)30-2)24-21(26)13-3-8-19(22)20(9-13)25-31(27,28)18-6-4-14(23)5-7-18/h3-12,25H,1-2H3,(H,24,26). The van der Waals surface area contributed by atoms with E-state index in [1.807, 2.05) is 0 Å². The molecule has 2 N–H and O–H groups in total. The van der Waals surface area contributed by atoms with Crippen molar-refractivity contribution in [2.45, 2.75) is 4.90 Å². The number of carbonyl (C=O) groups excluding carboxylic acids is 1. The van der Waals surface area contributed by atoms with Crippen LogP contribution < -0.4 is 19.5 Å². The van der Waals surface area contributed by atoms with Crippen LogP contribution in [0.2, 0.25) is 5.02 Å². The van der Waals surface area contributed by atoms with Crippen molar-refractivity contribution in [2.75, 3.05) is 24.3 Å². The molecule has 162 valence electrons. The molecule has 0 bridgehead atoms. The number of ether oxygens (including phenoxy) is 2. The predicted molar refractivity (Wildman–Crippen MR) is 116 cm³/mol. The fourth-order valence-electron chi connectivity index (χ4n) is 2.65. The minimum atomic E-state index is -4.04. The van der Waals surface area contributed by atoms with Crippen molar-refractivity contribution < 1.29 is 27.1 Å². The fourth-order valence-corrected chi connectivity index (χ4v) is 3.94. The molecule has 7 nitrogen and oxygen atoms in total. The van der Waals surface area contributed by atoms with Gasteiger partial charge in [0.1, 0.15) is 17.3 Å². The second-order valence-corrected chi connectivity index (χ2v) is 8.40. The minimum absolute atomic E-state index is 0.00173. The van der Waals surface area contributed by atoms with Crippen molar-refractivity contribution in [2.24, 2.45) is 0 Å². The highest BCUT2D eigenvalue weighted by Gasteiger charge is 2.18. The molecule has 0 radical (unpaired) electrons. The topological polar surface area (TPSA) is 93.7 Å². The first-order valence-electron chi connectivity index (χ1n) is 8.84. The van der Waals surface area contributed by atoms with E-state index in [0.717, 1.165) is 24.3 Å². The van der Waals surface area contributed by atoms with E-state index in [1.165, 1.54) is 32.4 Å². The molecule has 1 amide bonds. The summed E-state index contributed by atoms with van der Waals surface area (Å²) in [7, 11) is -1.07. The summed E-state index contributed by atoms with van der Waals surface area (Å²) in [6, 6.07) is 13.3. The number of methoxy groups -OCH3 is 2. The van der Waals surface area contributed by atoms with Crippen LogP contribution in [0.4, 0.5) is 15.8 Å². The number of rotatable bonds is 7. The van der Waals surface area contributed by atoms with E-state index >= 15 is 0 Å². The first-order chi connectivity index (χ1) is 14.7. The average Bonchev–Trinajstić information content (AvgIpc) is 2.75. The Hall–Kier alpha value is -3.30. The number of nitrogens with one attached hydrogen (secondary N) is 2. The Bertz CT molecular complexity index is 1190. The van der Waals surface area contributed by atoms with Crippen LogP contribution in [-0.4, -0.2) is 28.5 Å². The van der Waals surface area contributed by atoms with Gasteiger partial charge in [-0.3, -0.25) is 9.52 Å². The smallest absolute Gasteiger partial charge is 0.261 e. The first-order valence-corrected chi connectivity index (χ1v) is 10.7. The largest absolute Gasteiger partial charge is 0.497 e. The fraction of sp³-hybridized carbons (Fsp3) is 0.0952. The molecule has 0 aliphatic rings. The number of sulfonamides is 1. The van der Waals surface area contributed by atoms with E-state index in [2.05, 4.69) is 10.0 Å². The molecule has 10 heteroatoms. The number of benzene rings is 3. The Kier molecular flexibility index (Phi) is 6.67. The van der Waals surface area contributed by atoms with Gasteiger partial charge < -0.3 is 14.8 Å². The zero-order valence-electron chi connectivity index (χ0n) is 16.5. The summed E-state index contributed by atoms with van der Waals surface area (Å²) >= 11 is 6.11. The SMILES string of the molecule is COc1cc(NC(=O)c2ccc(Cl)c(NS(=O)(=O)c3ccc(F)cc3)c2)cc(OC)c1. The summed E-state index contributed by atoms with van der Waals surface area (Å²) < 4.78 is 50.9. The Morgan fingerprint density at radius 2 is 1.55 bits per heavy atom. The normalized spacial score (nSPS) is 11.0. The number of hydrogen-bond acceptors (Lipinski definition) is 5. The van der Waals surface area contributed by atoms with Crippen molar-refractivity contribution in [3.8, 4) is 11.5 Å². The second kappa shape index (κ2) is 9.23. The molecule has 0 aliphatic carbocycles. The van der Waals surface area contributed by atoms with Crippen LogP contribution in [0, 0.1) is 5.82 Å². The first kappa shape index (κ1) is 22.4. The van der Waals surface area contributed by atoms with Crippen LogP contribution in [0.15, 0.2) is 65.6 Å². The molecule has 3 aromatic carbocycles. The van der Waals surface area contributed by atoms with Gasteiger partial charge in [-0.2, -0.15) is 0 Å². The molecular formula is C21H18ClFN2O5S. The van der Waals surface area contributed by atoms with Crippen molar-refractivity contribution in [1.29, 1.82) is 0 Å². The summed E-state index contributed by atoms with van der Waals surface area (Å²) in [4.78, 5) is 12.5. The molecule has 31 heavy (non-hydrogen) atoms. The lowest BCUT2D eigenvalue weighted by Crippen LogP contribution is -2.15. The highest BCUT2D eigenvalue weighted by atomic mass is 35.5. The van der Waals surface area contributed by atoms with Gasteiger partial charge in [-0.15, -0.1) is 0 Å². The third kappa shape index (κ3) is 5.44. The van der Waals surface area contributed by atoms with Gasteiger partial charge in [-0.25, -0.2) is 12.8 Å². The zero-order chi connectivity index (χ0) is 22.6. The quantitative estimate of drug-likeness (QED) is 0.535. The molecule has 3 rings (SSSR count). The maximum absolute atomic E-state index is 13.1. The van der Waals surface area contributed by atoms with Crippen molar-refractivity contribution in [3.05, 3.63) is 77.1 Å². The van der Waals surface area contributed by atoms with Crippen LogP contribution in [0.5, 0.6) is 11.5 Å². The van der Waals surface area contributed by atoms with Crippen LogP contribution >= 0.6 is 11.6 Å². The zero-order valence-corrected chi connectivity index (χ0v) is 18.1. The van der Waals surface area contributed by atoms with Crippen LogP contribution in [-0.2, 0) is 10.0 Å². The molecular weight excluding hydrogens is 447 g/mol. The average molecular weight is 465 g/mol. The molecule has 0 atom stereocenters. The molecule has 0 spiro atoms. The predicted octanol–water partition coefficient (Wildman–Crippen LogP) is 4.55. The number of anilines is 2. The van der Waals surface area contributed by atoms with Gasteiger partial charge in [-0.05, 0) is 42.5 Å². The summed E-state index contributed by atoms with van der Waals surface area (Å²) in [5, 5.41) is 2.78. The van der Waals surface area contributed by atoms with Crippen LogP contribution in [0.3, 0.4) is 0 Å². The monoisotopic (exact) mass is 464 g/mol. The summed E-state index contributed by atoms with van der Waals surface area (Å²) in [6.07, 6.45) is 0. The highest BCUT2D eigenvalue weighted by Crippen LogP contribution is 2.28. The summed E-state index contributed by atoms with van der Waals surface area (Å²) in [5.41, 5.74) is 0.578. The summed E-state index contributed by atoms with van der Waals surface area (Å²) in [5.74, 6) is -0.101. The van der Waals surface area contributed by atoms with E-state index in [0.29, 0.717) is 17.2 Å². The molecule has 0 saturated heterocycles. The van der Waals surface area contributed by atoms with Gasteiger partial charge in [0.05, 0.1) is 29.8 Å². The van der Waals surface area contributed by atoms with Crippen LogP contribution in [0.25, 0.3) is 0 Å². The van der Waals surface area contributed by atoms with Gasteiger partial charge in [0, 0.05) is 29.4 Å². The maximum Gasteiger partial charge on any atom is 0.261 e. The lowest BCUT2D eigenvalue weighted by molar-refractivity contribution is 0.102. The van der Waals surface area contributed by atoms with Crippen molar-refractivity contribution >= 4 is 38.9 Å². The van der Waals surface area contributed by atoms with Gasteiger partial charge >= 0.3 is 0 Å². The van der Waals surface area contributed by atoms with E-state index in [4.69, 9.17) is 21.1 Å². The second-order valence-electron chi connectivity index (χ2n) is 6.31. The molecule has 0 saturated carbocycles. The van der Waals surface area contributed by atoms with E-state index in [1.54, 1.807) is 18.2 Å². The number of carbonyl (C=O) groups is 1. The maximum atomic E-state index is 13.1. The van der Waals surface area contributed by atoms with Crippen molar-refractivity contribution in [1.82, 2.24) is 0 Å². The Labute approximate surface area is 183 Å². The van der Waals surface area contributed by atoms with Crippen molar-refractivity contribution in [3.63, 3.8) is 0 Å². The van der Waals surface area contributed by atoms with Crippen LogP contribution in [0.1, 0.15) is 10.4 Å². The third-order valence-electron chi connectivity index (χ3n) is 4.21. The third-order valence-corrected chi connectivity index (χ3v) is 5.92. The lowest BCUT2D eigenvalue weighted by Gasteiger charge is -2.13. The van der Waals surface area contributed by atoms with E-state index in [9.17, 15) is 17.6 Å². The van der Waals surface area contributed by atoms with E-state index in [-0.39, 0.29) is 21.2 Å². The molecule has 0 unspecified atom stereocenters. The molecule has 0 heterocycles. The number of amides is 1. The van der Waals surface area contributed by atoms with Gasteiger partial charge in [0.2, 0.25) is 0 Å². The van der Waals surface area contributed by atoms with E-state index < -0.39 is 21.7 Å². The Morgan fingerprint density at radius 1 is 0.935 bits per heavy atom. The van der Waals surface area contributed by atoms with Gasteiger partial charge in [-0.1, -0.05) is 11.6 Å². The molecule has 3 aromatic rings. The Balaban J connectivity index is 1.85. The highest BCUT2D eigenvalue weighted by molar-refractivity contribution is 7.92. The van der Waals surface area contributed by atoms with Gasteiger partial charge in [0.25, 0.3) is 15.9 Å². The molecule has 0 fully saturated rings. The minimum Gasteiger partial charge on any atom is -0.497 e. The summed E-state index contributed by atoms with van der Waals surface area (Å²) in [6.45, 7) is 0.